The highest BCUT2D eigenvalue weighted by molar-refractivity contribution is 5.98. The van der Waals surface area contributed by atoms with Gasteiger partial charge in [-0.2, -0.15) is 0 Å². The topological polar surface area (TPSA) is 46.3 Å². The molecule has 1 unspecified atom stereocenters. The molecule has 0 aromatic heterocycles. The number of nitrogens with two attached hydrogens (primary N) is 1. The van der Waals surface area contributed by atoms with E-state index in [1.54, 1.807) is 0 Å². The fourth-order valence-corrected chi connectivity index (χ4v) is 2.54. The molecule has 1 heterocycles. The maximum Gasteiger partial charge on any atom is 0.244 e. The first-order valence-corrected chi connectivity index (χ1v) is 6.95. The van der Waals surface area contributed by atoms with Crippen LogP contribution in [0.1, 0.15) is 33.3 Å². The number of nitrogens with zero attached hydrogens (tertiary/aromatic N) is 1. The molecule has 0 radical (unpaired) electrons. The van der Waals surface area contributed by atoms with Crippen molar-refractivity contribution < 1.29 is 4.79 Å². The Morgan fingerprint density at radius 2 is 2.00 bits per heavy atom. The Morgan fingerprint density at radius 3 is 2.63 bits per heavy atom. The summed E-state index contributed by atoms with van der Waals surface area (Å²) in [5.41, 5.74) is 8.20. The van der Waals surface area contributed by atoms with E-state index < -0.39 is 6.04 Å². The van der Waals surface area contributed by atoms with E-state index >= 15 is 0 Å². The summed E-state index contributed by atoms with van der Waals surface area (Å²) in [7, 11) is 0. The summed E-state index contributed by atoms with van der Waals surface area (Å²) in [6, 6.07) is 7.68. The van der Waals surface area contributed by atoms with E-state index in [1.165, 1.54) is 5.56 Å². The third-order valence-electron chi connectivity index (χ3n) is 3.81. The fourth-order valence-electron chi connectivity index (χ4n) is 2.54. The second-order valence-electron chi connectivity index (χ2n) is 6.73. The molecule has 2 N–H and O–H groups in total. The van der Waals surface area contributed by atoms with Crippen LogP contribution in [0.2, 0.25) is 0 Å². The first-order valence-electron chi connectivity index (χ1n) is 6.95. The maximum absolute atomic E-state index is 12.7. The highest BCUT2D eigenvalue weighted by Crippen LogP contribution is 2.31. The Morgan fingerprint density at radius 1 is 1.37 bits per heavy atom. The second kappa shape index (κ2) is 4.97. The summed E-state index contributed by atoms with van der Waals surface area (Å²) in [5, 5.41) is 0. The van der Waals surface area contributed by atoms with Gasteiger partial charge in [-0.05, 0) is 29.4 Å². The van der Waals surface area contributed by atoms with E-state index in [0.717, 1.165) is 18.7 Å². The lowest BCUT2D eigenvalue weighted by Gasteiger charge is -2.37. The Hall–Kier alpha value is -1.35. The number of hydrogen-bond acceptors (Lipinski definition) is 2. The van der Waals surface area contributed by atoms with Crippen molar-refractivity contribution in [2.75, 3.05) is 11.4 Å². The summed E-state index contributed by atoms with van der Waals surface area (Å²) < 4.78 is 0. The van der Waals surface area contributed by atoms with Crippen molar-refractivity contribution >= 4 is 11.6 Å². The molecule has 1 aromatic carbocycles. The van der Waals surface area contributed by atoms with Crippen molar-refractivity contribution in [3.8, 4) is 0 Å². The van der Waals surface area contributed by atoms with Crippen LogP contribution < -0.4 is 10.6 Å². The molecule has 1 aromatic rings. The maximum atomic E-state index is 12.7. The minimum atomic E-state index is -0.467. The summed E-state index contributed by atoms with van der Waals surface area (Å²) in [6.07, 6.45) is 1.03. The molecular formula is C16H24N2O. The molecule has 19 heavy (non-hydrogen) atoms. The van der Waals surface area contributed by atoms with Crippen LogP contribution in [0.25, 0.3) is 0 Å². The fraction of sp³-hybridized carbons (Fsp3) is 0.562. The number of fused-ring (bicyclic) bond motifs is 1. The number of carbonyl (C=O) groups excluding carboxylic acids is 1. The van der Waals surface area contributed by atoms with E-state index in [4.69, 9.17) is 5.73 Å². The van der Waals surface area contributed by atoms with Gasteiger partial charge < -0.3 is 10.6 Å². The summed E-state index contributed by atoms with van der Waals surface area (Å²) in [6.45, 7) is 8.97. The predicted molar refractivity (Wildman–Crippen MR) is 79.1 cm³/mol. The zero-order chi connectivity index (χ0) is 14.2. The first-order chi connectivity index (χ1) is 8.80. The Bertz CT molecular complexity index is 476. The van der Waals surface area contributed by atoms with Crippen LogP contribution in [0.4, 0.5) is 5.69 Å². The van der Waals surface area contributed by atoms with Crippen molar-refractivity contribution in [1.82, 2.24) is 0 Å². The van der Waals surface area contributed by atoms with Gasteiger partial charge in [-0.25, -0.2) is 0 Å². The number of benzene rings is 1. The molecular weight excluding hydrogens is 236 g/mol. The van der Waals surface area contributed by atoms with E-state index in [1.807, 2.05) is 43.9 Å². The Kier molecular flexibility index (Phi) is 3.68. The van der Waals surface area contributed by atoms with Gasteiger partial charge in [0.1, 0.15) is 0 Å². The summed E-state index contributed by atoms with van der Waals surface area (Å²) >= 11 is 0. The standard InChI is InChI=1S/C16H24N2O/c1-11-9-12-7-5-6-8-13(12)18(10-11)15(19)14(17)16(2,3)4/h5-8,11,14H,9-10,17H2,1-4H3/t11?,14-/m0/s1. The van der Waals surface area contributed by atoms with Crippen LogP contribution >= 0.6 is 0 Å². The minimum Gasteiger partial charge on any atom is -0.319 e. The number of hydrogen-bond donors (Lipinski definition) is 1. The van der Waals surface area contributed by atoms with Crippen LogP contribution in [0.15, 0.2) is 24.3 Å². The molecule has 0 saturated carbocycles. The molecule has 1 amide bonds. The Labute approximate surface area is 115 Å². The van der Waals surface area contributed by atoms with Gasteiger partial charge in [0.05, 0.1) is 6.04 Å². The third kappa shape index (κ3) is 2.81. The molecule has 3 nitrogen and oxygen atoms in total. The average Bonchev–Trinajstić information content (AvgIpc) is 2.34. The van der Waals surface area contributed by atoms with Crippen LogP contribution in [0.3, 0.4) is 0 Å². The molecule has 104 valence electrons. The summed E-state index contributed by atoms with van der Waals surface area (Å²) in [4.78, 5) is 14.5. The van der Waals surface area contributed by atoms with Gasteiger partial charge in [0, 0.05) is 12.2 Å². The van der Waals surface area contributed by atoms with Gasteiger partial charge in [0.25, 0.3) is 0 Å². The van der Waals surface area contributed by atoms with Crippen molar-refractivity contribution in [2.24, 2.45) is 17.1 Å². The lowest BCUT2D eigenvalue weighted by atomic mass is 9.85. The highest BCUT2D eigenvalue weighted by Gasteiger charge is 2.34. The predicted octanol–water partition coefficient (Wildman–Crippen LogP) is 2.59. The molecule has 1 aliphatic rings. The van der Waals surface area contributed by atoms with E-state index in [0.29, 0.717) is 5.92 Å². The third-order valence-corrected chi connectivity index (χ3v) is 3.81. The van der Waals surface area contributed by atoms with Gasteiger partial charge in [-0.1, -0.05) is 45.9 Å². The lowest BCUT2D eigenvalue weighted by molar-refractivity contribution is -0.122. The van der Waals surface area contributed by atoms with Crippen molar-refractivity contribution in [2.45, 2.75) is 40.2 Å². The largest absolute Gasteiger partial charge is 0.319 e. The minimum absolute atomic E-state index is 0.0338. The van der Waals surface area contributed by atoms with Crippen molar-refractivity contribution in [3.05, 3.63) is 29.8 Å². The molecule has 1 aliphatic heterocycles. The number of amides is 1. The zero-order valence-electron chi connectivity index (χ0n) is 12.3. The van der Waals surface area contributed by atoms with E-state index in [-0.39, 0.29) is 11.3 Å². The van der Waals surface area contributed by atoms with Gasteiger partial charge >= 0.3 is 0 Å². The molecule has 0 bridgehead atoms. The van der Waals surface area contributed by atoms with Crippen molar-refractivity contribution in [1.29, 1.82) is 0 Å². The van der Waals surface area contributed by atoms with Crippen molar-refractivity contribution in [3.63, 3.8) is 0 Å². The van der Waals surface area contributed by atoms with Crippen LogP contribution in [0.5, 0.6) is 0 Å². The smallest absolute Gasteiger partial charge is 0.244 e. The van der Waals surface area contributed by atoms with E-state index in [2.05, 4.69) is 13.0 Å². The SMILES string of the molecule is CC1Cc2ccccc2N(C(=O)[C@H](N)C(C)(C)C)C1. The molecule has 2 atom stereocenters. The molecule has 0 fully saturated rings. The van der Waals surface area contributed by atoms with Gasteiger partial charge in [0.15, 0.2) is 0 Å². The first kappa shape index (κ1) is 14.1. The number of para-hydroxylation sites is 1. The molecule has 3 heteroatoms. The van der Waals surface area contributed by atoms with Crippen LogP contribution in [-0.4, -0.2) is 18.5 Å². The molecule has 0 spiro atoms. The van der Waals surface area contributed by atoms with Gasteiger partial charge in [-0.15, -0.1) is 0 Å². The quantitative estimate of drug-likeness (QED) is 0.843. The molecule has 0 aliphatic carbocycles. The zero-order valence-corrected chi connectivity index (χ0v) is 12.3. The molecule has 2 rings (SSSR count). The van der Waals surface area contributed by atoms with Gasteiger partial charge in [0.2, 0.25) is 5.91 Å². The number of rotatable bonds is 1. The lowest BCUT2D eigenvalue weighted by Crippen LogP contribution is -2.52. The highest BCUT2D eigenvalue weighted by atomic mass is 16.2. The normalized spacial score (nSPS) is 20.9. The van der Waals surface area contributed by atoms with Crippen LogP contribution in [0, 0.1) is 11.3 Å². The number of carbonyl (C=O) groups is 1. The Balaban J connectivity index is 2.33. The molecule has 0 saturated heterocycles. The van der Waals surface area contributed by atoms with Crippen LogP contribution in [-0.2, 0) is 11.2 Å². The second-order valence-corrected chi connectivity index (χ2v) is 6.73. The average molecular weight is 260 g/mol. The number of anilines is 1. The van der Waals surface area contributed by atoms with E-state index in [9.17, 15) is 4.79 Å². The monoisotopic (exact) mass is 260 g/mol. The summed E-state index contributed by atoms with van der Waals surface area (Å²) in [5.74, 6) is 0.512. The van der Waals surface area contributed by atoms with Gasteiger partial charge in [-0.3, -0.25) is 4.79 Å².